The Morgan fingerprint density at radius 3 is 2.90 bits per heavy atom. The quantitative estimate of drug-likeness (QED) is 0.340. The number of unbranched alkanes of at least 4 members (excludes halogenated alkanes) is 1. The molecule has 2 nitrogen and oxygen atoms in total. The Morgan fingerprint density at radius 2 is 2.40 bits per heavy atom. The highest BCUT2D eigenvalue weighted by Crippen LogP contribution is 1.85. The molecule has 2 heteroatoms. The van der Waals surface area contributed by atoms with E-state index in [0.717, 1.165) is 12.8 Å². The zero-order valence-electron chi connectivity index (χ0n) is 6.39. The minimum absolute atomic E-state index is 0.308. The van der Waals surface area contributed by atoms with Gasteiger partial charge in [0.05, 0.1) is 0 Å². The SMILES string of the molecule is CCCC=C=COC(C)=O. The fourth-order valence-electron chi connectivity index (χ4n) is 0.393. The Balaban J connectivity index is 3.44. The Labute approximate surface area is 61.2 Å². The van der Waals surface area contributed by atoms with Gasteiger partial charge in [-0.05, 0) is 12.5 Å². The molecular formula is C8H12O2. The van der Waals surface area contributed by atoms with Crippen molar-refractivity contribution >= 4 is 5.97 Å². The molecule has 0 aromatic heterocycles. The van der Waals surface area contributed by atoms with Crippen molar-refractivity contribution in [2.75, 3.05) is 0 Å². The van der Waals surface area contributed by atoms with E-state index >= 15 is 0 Å². The van der Waals surface area contributed by atoms with Gasteiger partial charge in [-0.3, -0.25) is 4.79 Å². The largest absolute Gasteiger partial charge is 0.426 e. The molecular weight excluding hydrogens is 128 g/mol. The molecule has 0 atom stereocenters. The molecule has 56 valence electrons. The van der Waals surface area contributed by atoms with Gasteiger partial charge >= 0.3 is 5.97 Å². The summed E-state index contributed by atoms with van der Waals surface area (Å²) in [5.41, 5.74) is 2.72. The van der Waals surface area contributed by atoms with E-state index in [9.17, 15) is 4.79 Å². The van der Waals surface area contributed by atoms with Crippen LogP contribution >= 0.6 is 0 Å². The summed E-state index contributed by atoms with van der Waals surface area (Å²) in [6.45, 7) is 3.43. The minimum atomic E-state index is -0.308. The first-order valence-corrected chi connectivity index (χ1v) is 3.34. The van der Waals surface area contributed by atoms with Crippen LogP contribution in [0.15, 0.2) is 18.1 Å². The molecule has 0 aromatic carbocycles. The maximum atomic E-state index is 10.2. The number of carbonyl (C=O) groups excluding carboxylic acids is 1. The Morgan fingerprint density at radius 1 is 1.70 bits per heavy atom. The predicted octanol–water partition coefficient (Wildman–Crippen LogP) is 2.02. The second-order valence-electron chi connectivity index (χ2n) is 1.89. The van der Waals surface area contributed by atoms with E-state index < -0.39 is 0 Å². The summed E-state index contributed by atoms with van der Waals surface area (Å²) in [4.78, 5) is 10.2. The first-order valence-electron chi connectivity index (χ1n) is 3.34. The van der Waals surface area contributed by atoms with Crippen LogP contribution in [0.3, 0.4) is 0 Å². The molecule has 0 amide bonds. The van der Waals surface area contributed by atoms with Gasteiger partial charge in [0.15, 0.2) is 0 Å². The van der Waals surface area contributed by atoms with E-state index in [1.807, 2.05) is 6.08 Å². The van der Waals surface area contributed by atoms with Gasteiger partial charge < -0.3 is 4.74 Å². The summed E-state index contributed by atoms with van der Waals surface area (Å²) < 4.78 is 4.48. The van der Waals surface area contributed by atoms with Crippen molar-refractivity contribution in [3.05, 3.63) is 18.1 Å². The lowest BCUT2D eigenvalue weighted by molar-refractivity contribution is -0.135. The van der Waals surface area contributed by atoms with Crippen LogP contribution in [0.5, 0.6) is 0 Å². The number of ether oxygens (including phenoxy) is 1. The van der Waals surface area contributed by atoms with Crippen molar-refractivity contribution in [1.82, 2.24) is 0 Å². The molecule has 0 aromatic rings. The number of allylic oxidation sites excluding steroid dienone is 1. The van der Waals surface area contributed by atoms with Gasteiger partial charge in [-0.15, -0.1) is 0 Å². The van der Waals surface area contributed by atoms with Crippen LogP contribution in [0.4, 0.5) is 0 Å². The zero-order chi connectivity index (χ0) is 7.82. The van der Waals surface area contributed by atoms with Gasteiger partial charge in [-0.25, -0.2) is 0 Å². The predicted molar refractivity (Wildman–Crippen MR) is 39.3 cm³/mol. The van der Waals surface area contributed by atoms with Crippen molar-refractivity contribution in [3.8, 4) is 0 Å². The average molecular weight is 140 g/mol. The molecule has 0 aliphatic heterocycles. The molecule has 0 fully saturated rings. The summed E-state index contributed by atoms with van der Waals surface area (Å²) in [5, 5.41) is 0. The van der Waals surface area contributed by atoms with Crippen molar-refractivity contribution in [2.24, 2.45) is 0 Å². The van der Waals surface area contributed by atoms with Gasteiger partial charge in [0, 0.05) is 6.92 Å². The van der Waals surface area contributed by atoms with Crippen LogP contribution in [0.2, 0.25) is 0 Å². The first kappa shape index (κ1) is 8.99. The zero-order valence-corrected chi connectivity index (χ0v) is 6.39. The van der Waals surface area contributed by atoms with Crippen molar-refractivity contribution in [3.63, 3.8) is 0 Å². The molecule has 0 spiro atoms. The standard InChI is InChI=1S/C8H12O2/c1-3-4-5-6-7-10-8(2)9/h5,7H,3-4H2,1-2H3. The monoisotopic (exact) mass is 140 g/mol. The number of hydrogen-bond donors (Lipinski definition) is 0. The fraction of sp³-hybridized carbons (Fsp3) is 0.500. The van der Waals surface area contributed by atoms with Crippen LogP contribution in [0, 0.1) is 0 Å². The molecule has 0 aliphatic carbocycles. The number of esters is 1. The highest BCUT2D eigenvalue weighted by molar-refractivity contribution is 5.66. The Kier molecular flexibility index (Phi) is 5.50. The first-order chi connectivity index (χ1) is 4.77. The third-order valence-corrected chi connectivity index (χ3v) is 0.844. The van der Waals surface area contributed by atoms with Gasteiger partial charge in [0.2, 0.25) is 0 Å². The topological polar surface area (TPSA) is 26.3 Å². The van der Waals surface area contributed by atoms with Crippen LogP contribution < -0.4 is 0 Å². The summed E-state index contributed by atoms with van der Waals surface area (Å²) in [7, 11) is 0. The molecule has 0 heterocycles. The second-order valence-corrected chi connectivity index (χ2v) is 1.89. The molecule has 0 rings (SSSR count). The van der Waals surface area contributed by atoms with Crippen LogP contribution in [0.1, 0.15) is 26.7 Å². The van der Waals surface area contributed by atoms with E-state index in [2.05, 4.69) is 17.4 Å². The van der Waals surface area contributed by atoms with E-state index in [4.69, 9.17) is 0 Å². The maximum absolute atomic E-state index is 10.2. The summed E-state index contributed by atoms with van der Waals surface area (Å²) in [6, 6.07) is 0. The van der Waals surface area contributed by atoms with Gasteiger partial charge in [-0.1, -0.05) is 19.1 Å². The number of rotatable bonds is 3. The normalized spacial score (nSPS) is 7.80. The third-order valence-electron chi connectivity index (χ3n) is 0.844. The summed E-state index contributed by atoms with van der Waals surface area (Å²) in [6.07, 6.45) is 5.17. The lowest BCUT2D eigenvalue weighted by Gasteiger charge is -1.84. The summed E-state index contributed by atoms with van der Waals surface area (Å²) >= 11 is 0. The molecule has 0 radical (unpaired) electrons. The van der Waals surface area contributed by atoms with Crippen LogP contribution in [-0.2, 0) is 9.53 Å². The summed E-state index contributed by atoms with van der Waals surface area (Å²) in [5.74, 6) is -0.308. The van der Waals surface area contributed by atoms with Crippen LogP contribution in [0.25, 0.3) is 0 Å². The molecule has 0 N–H and O–H groups in total. The number of carbonyl (C=O) groups is 1. The molecule has 0 saturated heterocycles. The van der Waals surface area contributed by atoms with E-state index in [-0.39, 0.29) is 5.97 Å². The minimum Gasteiger partial charge on any atom is -0.426 e. The van der Waals surface area contributed by atoms with E-state index in [1.54, 1.807) is 0 Å². The lowest BCUT2D eigenvalue weighted by atomic mass is 10.3. The van der Waals surface area contributed by atoms with Crippen LogP contribution in [-0.4, -0.2) is 5.97 Å². The van der Waals surface area contributed by atoms with Gasteiger partial charge in [0.25, 0.3) is 0 Å². The Hall–Kier alpha value is -1.01. The van der Waals surface area contributed by atoms with Crippen molar-refractivity contribution in [1.29, 1.82) is 0 Å². The van der Waals surface area contributed by atoms with E-state index in [0.29, 0.717) is 0 Å². The average Bonchev–Trinajstić information content (AvgIpc) is 1.87. The molecule has 0 saturated carbocycles. The fourth-order valence-corrected chi connectivity index (χ4v) is 0.393. The molecule has 0 bridgehead atoms. The smallest absolute Gasteiger partial charge is 0.308 e. The third kappa shape index (κ3) is 6.99. The lowest BCUT2D eigenvalue weighted by Crippen LogP contribution is -1.88. The van der Waals surface area contributed by atoms with Gasteiger partial charge in [-0.2, -0.15) is 0 Å². The molecule has 10 heavy (non-hydrogen) atoms. The maximum Gasteiger partial charge on any atom is 0.308 e. The van der Waals surface area contributed by atoms with Gasteiger partial charge in [0.1, 0.15) is 6.26 Å². The number of hydrogen-bond acceptors (Lipinski definition) is 2. The second kappa shape index (κ2) is 6.12. The highest BCUT2D eigenvalue weighted by atomic mass is 16.5. The van der Waals surface area contributed by atoms with Crippen molar-refractivity contribution in [2.45, 2.75) is 26.7 Å². The highest BCUT2D eigenvalue weighted by Gasteiger charge is 1.81. The Bertz CT molecular complexity index is 153. The van der Waals surface area contributed by atoms with E-state index in [1.165, 1.54) is 13.2 Å². The van der Waals surface area contributed by atoms with Crippen molar-refractivity contribution < 1.29 is 9.53 Å². The molecule has 0 aliphatic rings. The molecule has 0 unspecified atom stereocenters.